The molecule has 72 valence electrons. The fourth-order valence-electron chi connectivity index (χ4n) is 2.07. The molecule has 0 heterocycles. The molecule has 1 heteroatoms. The summed E-state index contributed by atoms with van der Waals surface area (Å²) in [5.74, 6) is 2.73. The highest BCUT2D eigenvalue weighted by Gasteiger charge is 2.11. The van der Waals surface area contributed by atoms with E-state index in [4.69, 9.17) is 0 Å². The van der Waals surface area contributed by atoms with Crippen molar-refractivity contribution in [2.75, 3.05) is 0 Å². The molecule has 0 nitrogen and oxygen atoms in total. The molecule has 0 aromatic heterocycles. The fourth-order valence-corrected chi connectivity index (χ4v) is 2.07. The number of rotatable bonds is 6. The lowest BCUT2D eigenvalue weighted by atomic mass is 9.83. The summed E-state index contributed by atoms with van der Waals surface area (Å²) in [4.78, 5) is 0. The predicted molar refractivity (Wildman–Crippen MR) is 60.4 cm³/mol. The summed E-state index contributed by atoms with van der Waals surface area (Å²) in [5.41, 5.74) is 0. The van der Waals surface area contributed by atoms with Crippen LogP contribution in [0.4, 0.5) is 0 Å². The second kappa shape index (κ2) is 6.57. The molecule has 0 amide bonds. The molecule has 0 bridgehead atoms. The smallest absolute Gasteiger partial charge is 0.0808 e. The highest BCUT2D eigenvalue weighted by Crippen LogP contribution is 2.23. The third-order valence-corrected chi connectivity index (χ3v) is 2.31. The monoisotopic (exact) mass is 168 g/mol. The maximum Gasteiger partial charge on any atom is 0.101 e. The van der Waals surface area contributed by atoms with Crippen molar-refractivity contribution >= 4 is 7.85 Å². The first-order chi connectivity index (χ1) is 5.56. The SMILES string of the molecule is BCCC(CC(C)C)CC(C)C. The lowest BCUT2D eigenvalue weighted by molar-refractivity contribution is 0.335. The largest absolute Gasteiger partial charge is 0.101 e. The third-order valence-electron chi connectivity index (χ3n) is 2.31. The maximum atomic E-state index is 2.34. The van der Waals surface area contributed by atoms with Gasteiger partial charge in [-0.15, -0.1) is 0 Å². The molecular weight excluding hydrogens is 143 g/mol. The van der Waals surface area contributed by atoms with Crippen LogP contribution in [0.3, 0.4) is 0 Å². The van der Waals surface area contributed by atoms with Gasteiger partial charge in [0.05, 0.1) is 0 Å². The van der Waals surface area contributed by atoms with Gasteiger partial charge in [0.25, 0.3) is 0 Å². The minimum absolute atomic E-state index is 0.875. The summed E-state index contributed by atoms with van der Waals surface area (Å²) in [6, 6.07) is 0. The molecule has 0 N–H and O–H groups in total. The van der Waals surface area contributed by atoms with Gasteiger partial charge in [-0.1, -0.05) is 40.4 Å². The van der Waals surface area contributed by atoms with Crippen LogP contribution in [0.15, 0.2) is 0 Å². The van der Waals surface area contributed by atoms with Crippen LogP contribution in [0.25, 0.3) is 0 Å². The zero-order chi connectivity index (χ0) is 9.56. The van der Waals surface area contributed by atoms with Crippen LogP contribution in [0.5, 0.6) is 0 Å². The van der Waals surface area contributed by atoms with E-state index in [-0.39, 0.29) is 0 Å². The number of hydrogen-bond donors (Lipinski definition) is 0. The first kappa shape index (κ1) is 12.1. The van der Waals surface area contributed by atoms with Crippen LogP contribution in [0.1, 0.15) is 47.0 Å². The van der Waals surface area contributed by atoms with E-state index in [0.29, 0.717) is 0 Å². The van der Waals surface area contributed by atoms with E-state index in [0.717, 1.165) is 17.8 Å². The Labute approximate surface area is 79.5 Å². The Balaban J connectivity index is 3.69. The molecule has 0 spiro atoms. The highest BCUT2D eigenvalue weighted by atomic mass is 14.2. The van der Waals surface area contributed by atoms with Crippen molar-refractivity contribution in [2.24, 2.45) is 17.8 Å². The lowest BCUT2D eigenvalue weighted by Gasteiger charge is -2.20. The Hall–Kier alpha value is 0.0649. The molecule has 12 heavy (non-hydrogen) atoms. The van der Waals surface area contributed by atoms with E-state index in [2.05, 4.69) is 35.5 Å². The van der Waals surface area contributed by atoms with E-state index in [1.165, 1.54) is 25.6 Å². The van der Waals surface area contributed by atoms with Crippen molar-refractivity contribution in [3.8, 4) is 0 Å². The van der Waals surface area contributed by atoms with Crippen LogP contribution in [0.2, 0.25) is 6.32 Å². The Bertz CT molecular complexity index is 87.2. The molecule has 0 aliphatic heterocycles. The van der Waals surface area contributed by atoms with Crippen molar-refractivity contribution in [1.82, 2.24) is 0 Å². The van der Waals surface area contributed by atoms with Gasteiger partial charge in [-0.05, 0) is 30.6 Å². The van der Waals surface area contributed by atoms with E-state index in [1.807, 2.05) is 0 Å². The zero-order valence-corrected chi connectivity index (χ0v) is 9.56. The van der Waals surface area contributed by atoms with Crippen molar-refractivity contribution in [3.05, 3.63) is 0 Å². The second-order valence-corrected chi connectivity index (χ2v) is 4.91. The second-order valence-electron chi connectivity index (χ2n) is 4.91. The molecule has 0 atom stereocenters. The molecule has 0 radical (unpaired) electrons. The third kappa shape index (κ3) is 6.76. The molecule has 0 aromatic rings. The molecule has 0 unspecified atom stereocenters. The fraction of sp³-hybridized carbons (Fsp3) is 1.00. The quantitative estimate of drug-likeness (QED) is 0.534. The summed E-state index contributed by atoms with van der Waals surface area (Å²) in [6.07, 6.45) is 5.62. The average Bonchev–Trinajstić information content (AvgIpc) is 1.84. The lowest BCUT2D eigenvalue weighted by Crippen LogP contribution is -2.07. The Morgan fingerprint density at radius 2 is 1.33 bits per heavy atom. The minimum atomic E-state index is 0.875. The van der Waals surface area contributed by atoms with Crippen LogP contribution in [-0.2, 0) is 0 Å². The van der Waals surface area contributed by atoms with Crippen molar-refractivity contribution in [1.29, 1.82) is 0 Å². The van der Waals surface area contributed by atoms with Crippen molar-refractivity contribution < 1.29 is 0 Å². The van der Waals surface area contributed by atoms with E-state index >= 15 is 0 Å². The van der Waals surface area contributed by atoms with Crippen LogP contribution in [-0.4, -0.2) is 7.85 Å². The molecule has 0 aliphatic carbocycles. The van der Waals surface area contributed by atoms with Gasteiger partial charge in [-0.25, -0.2) is 0 Å². The van der Waals surface area contributed by atoms with Gasteiger partial charge >= 0.3 is 0 Å². The molecule has 0 aromatic carbocycles. The standard InChI is InChI=1S/C11H25B/c1-9(2)7-11(5-6-12)8-10(3)4/h9-11H,5-8,12H2,1-4H3. The molecule has 0 fully saturated rings. The van der Waals surface area contributed by atoms with Gasteiger partial charge in [0.15, 0.2) is 0 Å². The zero-order valence-electron chi connectivity index (χ0n) is 9.56. The first-order valence-electron chi connectivity index (χ1n) is 5.56. The Morgan fingerprint density at radius 3 is 1.58 bits per heavy atom. The topological polar surface area (TPSA) is 0 Å². The molecule has 0 saturated carbocycles. The minimum Gasteiger partial charge on any atom is -0.0808 e. The Kier molecular flexibility index (Phi) is 6.60. The van der Waals surface area contributed by atoms with Gasteiger partial charge < -0.3 is 0 Å². The highest BCUT2D eigenvalue weighted by molar-refractivity contribution is 6.08. The maximum absolute atomic E-state index is 2.34. The van der Waals surface area contributed by atoms with Crippen LogP contribution < -0.4 is 0 Å². The molecule has 0 rings (SSSR count). The van der Waals surface area contributed by atoms with Gasteiger partial charge in [0.2, 0.25) is 0 Å². The van der Waals surface area contributed by atoms with Gasteiger partial charge in [0, 0.05) is 0 Å². The Morgan fingerprint density at radius 1 is 0.917 bits per heavy atom. The van der Waals surface area contributed by atoms with Gasteiger partial charge in [-0.2, -0.15) is 0 Å². The van der Waals surface area contributed by atoms with Crippen molar-refractivity contribution in [3.63, 3.8) is 0 Å². The normalized spacial score (nSPS) is 11.9. The van der Waals surface area contributed by atoms with Gasteiger partial charge in [0.1, 0.15) is 7.85 Å². The first-order valence-corrected chi connectivity index (χ1v) is 5.56. The van der Waals surface area contributed by atoms with Crippen LogP contribution in [0, 0.1) is 17.8 Å². The van der Waals surface area contributed by atoms with E-state index in [1.54, 1.807) is 0 Å². The van der Waals surface area contributed by atoms with E-state index in [9.17, 15) is 0 Å². The molecule has 0 aliphatic rings. The predicted octanol–water partition coefficient (Wildman–Crippen LogP) is 3.14. The number of hydrogen-bond acceptors (Lipinski definition) is 0. The summed E-state index contributed by atoms with van der Waals surface area (Å²) in [7, 11) is 2.30. The summed E-state index contributed by atoms with van der Waals surface area (Å²) >= 11 is 0. The summed E-state index contributed by atoms with van der Waals surface area (Å²) in [5, 5.41) is 0. The van der Waals surface area contributed by atoms with Crippen molar-refractivity contribution in [2.45, 2.75) is 53.3 Å². The molecular formula is C11H25B. The summed E-state index contributed by atoms with van der Waals surface area (Å²) < 4.78 is 0. The summed E-state index contributed by atoms with van der Waals surface area (Å²) in [6.45, 7) is 9.35. The van der Waals surface area contributed by atoms with Gasteiger partial charge in [-0.3, -0.25) is 0 Å². The van der Waals surface area contributed by atoms with E-state index < -0.39 is 0 Å². The van der Waals surface area contributed by atoms with Crippen LogP contribution >= 0.6 is 0 Å². The molecule has 0 saturated heterocycles. The average molecular weight is 168 g/mol.